The maximum absolute atomic E-state index is 7.65. The molecular weight excluding hydrogens is 124 g/mol. The van der Waals surface area contributed by atoms with E-state index in [1.54, 1.807) is 0 Å². The highest BCUT2D eigenvalue weighted by Crippen LogP contribution is 2.28. The Bertz CT molecular complexity index is 79.0. The fourth-order valence-electron chi connectivity index (χ4n) is 0.980. The number of rotatable bonds is 3. The van der Waals surface area contributed by atoms with Crippen LogP contribution in [0.3, 0.4) is 0 Å². The highest BCUT2D eigenvalue weighted by molar-refractivity contribution is 4.75. The molecule has 0 aromatic heterocycles. The molecule has 1 rings (SSSR count). The number of hydrogen-bond donors (Lipinski definition) is 1. The molecule has 0 aromatic carbocycles. The largest absolute Gasteiger partial charge is 0.219 e. The third kappa shape index (κ3) is 1.91. The summed E-state index contributed by atoms with van der Waals surface area (Å²) in [7, 11) is 0. The van der Waals surface area contributed by atoms with Gasteiger partial charge in [-0.25, -0.2) is 10.1 Å². The summed E-state index contributed by atoms with van der Waals surface area (Å²) in [5.41, 5.74) is 0. The zero-order chi connectivity index (χ0) is 6.69. The Hall–Kier alpha value is -0.160. The van der Waals surface area contributed by atoms with Gasteiger partial charge in [-0.05, 0) is 28.8 Å². The van der Waals surface area contributed by atoms with Gasteiger partial charge in [-0.15, -0.1) is 0 Å². The minimum atomic E-state index is 0.104. The molecule has 1 aliphatic rings. The smallest absolute Gasteiger partial charge is 0.0967 e. The summed E-state index contributed by atoms with van der Waals surface area (Å²) >= 11 is 0. The molecule has 0 saturated heterocycles. The molecule has 0 bridgehead atoms. The molecule has 0 atom stereocenters. The molecule has 4 nitrogen and oxygen atoms in total. The van der Waals surface area contributed by atoms with E-state index in [0.29, 0.717) is 5.92 Å². The summed E-state index contributed by atoms with van der Waals surface area (Å²) < 4.78 is 0. The van der Waals surface area contributed by atoms with E-state index in [2.05, 4.69) is 21.9 Å². The summed E-state index contributed by atoms with van der Waals surface area (Å²) in [6, 6.07) is 0. The van der Waals surface area contributed by atoms with Crippen molar-refractivity contribution in [2.45, 2.75) is 25.9 Å². The first-order valence-electron chi connectivity index (χ1n) is 2.96. The van der Waals surface area contributed by atoms with E-state index >= 15 is 0 Å². The van der Waals surface area contributed by atoms with Gasteiger partial charge in [-0.3, -0.25) is 0 Å². The third-order valence-corrected chi connectivity index (χ3v) is 1.54. The van der Waals surface area contributed by atoms with Crippen LogP contribution in [-0.4, -0.2) is 11.4 Å². The van der Waals surface area contributed by atoms with Crippen molar-refractivity contribution in [3.8, 4) is 0 Å². The Balaban J connectivity index is 1.91. The molecule has 0 spiro atoms. The summed E-state index contributed by atoms with van der Waals surface area (Å²) in [5, 5.41) is 14.8. The van der Waals surface area contributed by atoms with E-state index < -0.39 is 0 Å². The first-order valence-corrected chi connectivity index (χ1v) is 2.96. The lowest BCUT2D eigenvalue weighted by Gasteiger charge is -2.29. The van der Waals surface area contributed by atoms with Gasteiger partial charge >= 0.3 is 0 Å². The molecule has 4 heteroatoms. The van der Waals surface area contributed by atoms with E-state index in [-0.39, 0.29) is 6.10 Å². The van der Waals surface area contributed by atoms with E-state index in [0.717, 1.165) is 12.8 Å². The molecule has 0 aromatic rings. The van der Waals surface area contributed by atoms with Crippen LogP contribution in [0.15, 0.2) is 0 Å². The van der Waals surface area contributed by atoms with Crippen LogP contribution in [0.1, 0.15) is 19.8 Å². The fraction of sp³-hybridized carbons (Fsp3) is 1.00. The third-order valence-electron chi connectivity index (χ3n) is 1.54. The second-order valence-electron chi connectivity index (χ2n) is 2.44. The van der Waals surface area contributed by atoms with Crippen molar-refractivity contribution in [1.82, 2.24) is 0 Å². The van der Waals surface area contributed by atoms with Gasteiger partial charge in [0.05, 0.1) is 6.10 Å². The van der Waals surface area contributed by atoms with Gasteiger partial charge < -0.3 is 0 Å². The minimum Gasteiger partial charge on any atom is -0.219 e. The molecule has 0 unspecified atom stereocenters. The lowest BCUT2D eigenvalue weighted by Crippen LogP contribution is -2.29. The molecule has 0 heterocycles. The SMILES string of the molecule is CC1CC(OOOO)C1. The van der Waals surface area contributed by atoms with Gasteiger partial charge in [0, 0.05) is 0 Å². The van der Waals surface area contributed by atoms with E-state index in [4.69, 9.17) is 5.26 Å². The van der Waals surface area contributed by atoms with Crippen molar-refractivity contribution in [2.24, 2.45) is 5.92 Å². The summed E-state index contributed by atoms with van der Waals surface area (Å²) in [5.74, 6) is 0.706. The Morgan fingerprint density at radius 1 is 1.44 bits per heavy atom. The molecule has 1 saturated carbocycles. The molecule has 0 radical (unpaired) electrons. The van der Waals surface area contributed by atoms with Crippen LogP contribution in [0.5, 0.6) is 0 Å². The molecule has 9 heavy (non-hydrogen) atoms. The predicted octanol–water partition coefficient (Wildman–Crippen LogP) is 1.14. The Labute approximate surface area is 53.1 Å². The van der Waals surface area contributed by atoms with Crippen LogP contribution in [0.25, 0.3) is 0 Å². The normalized spacial score (nSPS) is 34.0. The molecule has 0 amide bonds. The van der Waals surface area contributed by atoms with Crippen LogP contribution in [0, 0.1) is 5.92 Å². The molecule has 1 fully saturated rings. The molecule has 1 aliphatic carbocycles. The topological polar surface area (TPSA) is 47.9 Å². The lowest BCUT2D eigenvalue weighted by molar-refractivity contribution is -0.635. The summed E-state index contributed by atoms with van der Waals surface area (Å²) in [4.78, 5) is 4.53. The molecule has 54 valence electrons. The highest BCUT2D eigenvalue weighted by atomic mass is 17.6. The van der Waals surface area contributed by atoms with Gasteiger partial charge in [0.1, 0.15) is 0 Å². The zero-order valence-electron chi connectivity index (χ0n) is 5.24. The monoisotopic (exact) mass is 134 g/mol. The average Bonchev–Trinajstić information content (AvgIpc) is 1.78. The predicted molar refractivity (Wildman–Crippen MR) is 28.1 cm³/mol. The second kappa shape index (κ2) is 3.12. The summed E-state index contributed by atoms with van der Waals surface area (Å²) in [6.45, 7) is 2.12. The van der Waals surface area contributed by atoms with E-state index in [1.165, 1.54) is 0 Å². The minimum absolute atomic E-state index is 0.104. The van der Waals surface area contributed by atoms with Crippen LogP contribution in [-0.2, 0) is 15.0 Å². The standard InChI is InChI=1S/C5H10O4/c1-4-2-5(3-4)7-9-8-6/h4-6H,2-3H2,1H3. The fourth-order valence-corrected chi connectivity index (χ4v) is 0.980. The van der Waals surface area contributed by atoms with Gasteiger partial charge in [-0.2, -0.15) is 0 Å². The van der Waals surface area contributed by atoms with Crippen molar-refractivity contribution in [2.75, 3.05) is 0 Å². The van der Waals surface area contributed by atoms with E-state index in [9.17, 15) is 0 Å². The van der Waals surface area contributed by atoms with Crippen molar-refractivity contribution < 1.29 is 20.2 Å². The van der Waals surface area contributed by atoms with E-state index in [1.807, 2.05) is 0 Å². The number of hydrogen-bond acceptors (Lipinski definition) is 4. The first kappa shape index (κ1) is 6.95. The van der Waals surface area contributed by atoms with Gasteiger partial charge in [0.25, 0.3) is 0 Å². The molecular formula is C5H10O4. The quantitative estimate of drug-likeness (QED) is 0.464. The van der Waals surface area contributed by atoms with Gasteiger partial charge in [-0.1, -0.05) is 6.92 Å². The zero-order valence-corrected chi connectivity index (χ0v) is 5.24. The lowest BCUT2D eigenvalue weighted by atomic mass is 9.84. The summed E-state index contributed by atoms with van der Waals surface area (Å²) in [6.07, 6.45) is 2.05. The molecule has 1 N–H and O–H groups in total. The average molecular weight is 134 g/mol. The van der Waals surface area contributed by atoms with Crippen LogP contribution in [0.2, 0.25) is 0 Å². The van der Waals surface area contributed by atoms with Crippen molar-refractivity contribution in [3.05, 3.63) is 0 Å². The molecule has 0 aliphatic heterocycles. The Morgan fingerprint density at radius 2 is 2.11 bits per heavy atom. The van der Waals surface area contributed by atoms with Crippen molar-refractivity contribution in [1.29, 1.82) is 0 Å². The highest BCUT2D eigenvalue weighted by Gasteiger charge is 2.27. The van der Waals surface area contributed by atoms with Crippen LogP contribution >= 0.6 is 0 Å². The Morgan fingerprint density at radius 3 is 2.56 bits per heavy atom. The van der Waals surface area contributed by atoms with Crippen LogP contribution in [0.4, 0.5) is 0 Å². The maximum Gasteiger partial charge on any atom is 0.0967 e. The van der Waals surface area contributed by atoms with Crippen molar-refractivity contribution >= 4 is 0 Å². The maximum atomic E-state index is 7.65. The van der Waals surface area contributed by atoms with Gasteiger partial charge in [0.2, 0.25) is 0 Å². The van der Waals surface area contributed by atoms with Crippen LogP contribution < -0.4 is 0 Å². The second-order valence-corrected chi connectivity index (χ2v) is 2.44. The first-order chi connectivity index (χ1) is 4.33. The van der Waals surface area contributed by atoms with Crippen molar-refractivity contribution in [3.63, 3.8) is 0 Å². The Kier molecular flexibility index (Phi) is 2.41. The van der Waals surface area contributed by atoms with Gasteiger partial charge in [0.15, 0.2) is 0 Å².